The highest BCUT2D eigenvalue weighted by Gasteiger charge is 2.24. The number of carbonyl (C=O) groups is 1. The number of hydrogen-bond donors (Lipinski definition) is 2. The fourth-order valence-corrected chi connectivity index (χ4v) is 4.95. The van der Waals surface area contributed by atoms with Gasteiger partial charge in [-0.25, -0.2) is 17.5 Å². The summed E-state index contributed by atoms with van der Waals surface area (Å²) in [6.45, 7) is 1.61. The van der Waals surface area contributed by atoms with E-state index in [0.717, 1.165) is 0 Å². The second-order valence-corrected chi connectivity index (χ2v) is 9.55. The summed E-state index contributed by atoms with van der Waals surface area (Å²) in [5.41, 5.74) is 0.726. The SMILES string of the molecule is CC(NS(=O)(=O)c1nnc(NC(=O)c2ccc(Cl)cc2Cl)s1)c1ccc(F)cc1. The molecule has 3 rings (SSSR count). The first kappa shape index (κ1) is 21.6. The van der Waals surface area contributed by atoms with Gasteiger partial charge in [0.2, 0.25) is 9.47 Å². The highest BCUT2D eigenvalue weighted by molar-refractivity contribution is 7.91. The first-order chi connectivity index (χ1) is 13.7. The molecule has 2 aromatic carbocycles. The first-order valence-electron chi connectivity index (χ1n) is 8.03. The minimum Gasteiger partial charge on any atom is -0.296 e. The molecule has 1 aromatic heterocycles. The predicted molar refractivity (Wildman–Crippen MR) is 109 cm³/mol. The molecule has 12 heteroatoms. The molecule has 0 aliphatic carbocycles. The summed E-state index contributed by atoms with van der Waals surface area (Å²) in [5, 5.41) is 10.2. The van der Waals surface area contributed by atoms with Gasteiger partial charge in [0.15, 0.2) is 0 Å². The Bertz CT molecular complexity index is 1150. The van der Waals surface area contributed by atoms with E-state index in [4.69, 9.17) is 23.2 Å². The molecule has 1 amide bonds. The Kier molecular flexibility index (Phi) is 6.49. The van der Waals surface area contributed by atoms with Crippen LogP contribution < -0.4 is 10.0 Å². The lowest BCUT2D eigenvalue weighted by Crippen LogP contribution is -2.26. The normalized spacial score (nSPS) is 12.6. The van der Waals surface area contributed by atoms with Crippen LogP contribution in [0.1, 0.15) is 28.9 Å². The second kappa shape index (κ2) is 8.72. The van der Waals surface area contributed by atoms with Crippen LogP contribution >= 0.6 is 34.5 Å². The third-order valence-electron chi connectivity index (χ3n) is 3.73. The third kappa shape index (κ3) is 5.28. The van der Waals surface area contributed by atoms with E-state index in [1.165, 1.54) is 42.5 Å². The Balaban J connectivity index is 1.72. The Morgan fingerprint density at radius 2 is 1.83 bits per heavy atom. The zero-order valence-electron chi connectivity index (χ0n) is 14.7. The third-order valence-corrected chi connectivity index (χ3v) is 7.03. The van der Waals surface area contributed by atoms with E-state index in [1.807, 2.05) is 0 Å². The van der Waals surface area contributed by atoms with Crippen molar-refractivity contribution in [1.29, 1.82) is 0 Å². The van der Waals surface area contributed by atoms with Crippen LogP contribution in [0.4, 0.5) is 9.52 Å². The Hall–Kier alpha value is -2.11. The molecule has 2 N–H and O–H groups in total. The fourth-order valence-electron chi connectivity index (χ4n) is 2.31. The van der Waals surface area contributed by atoms with Crippen molar-refractivity contribution in [2.45, 2.75) is 17.3 Å². The van der Waals surface area contributed by atoms with Crippen molar-refractivity contribution in [2.24, 2.45) is 0 Å². The molecule has 0 fully saturated rings. The molecule has 152 valence electrons. The number of benzene rings is 2. The number of rotatable bonds is 6. The summed E-state index contributed by atoms with van der Waals surface area (Å²) in [6, 6.07) is 9.14. The van der Waals surface area contributed by atoms with Crippen LogP contribution in [0.15, 0.2) is 46.8 Å². The van der Waals surface area contributed by atoms with Gasteiger partial charge in [-0.05, 0) is 42.8 Å². The van der Waals surface area contributed by atoms with Gasteiger partial charge in [-0.2, -0.15) is 0 Å². The maximum absolute atomic E-state index is 13.0. The summed E-state index contributed by atoms with van der Waals surface area (Å²) in [4.78, 5) is 12.3. The number of carbonyl (C=O) groups excluding carboxylic acids is 1. The van der Waals surface area contributed by atoms with Crippen LogP contribution in [-0.2, 0) is 10.0 Å². The minimum atomic E-state index is -4.00. The van der Waals surface area contributed by atoms with E-state index in [-0.39, 0.29) is 20.1 Å². The van der Waals surface area contributed by atoms with E-state index in [2.05, 4.69) is 20.2 Å². The van der Waals surface area contributed by atoms with Gasteiger partial charge in [-0.1, -0.05) is 46.7 Å². The number of amides is 1. The van der Waals surface area contributed by atoms with Crippen LogP contribution in [-0.4, -0.2) is 24.5 Å². The number of nitrogens with zero attached hydrogens (tertiary/aromatic N) is 2. The topological polar surface area (TPSA) is 101 Å². The van der Waals surface area contributed by atoms with Crippen LogP contribution in [0.25, 0.3) is 0 Å². The molecule has 0 spiro atoms. The lowest BCUT2D eigenvalue weighted by molar-refractivity contribution is 0.102. The van der Waals surface area contributed by atoms with Gasteiger partial charge in [0, 0.05) is 11.1 Å². The number of aromatic nitrogens is 2. The molecule has 0 aliphatic heterocycles. The molecular weight excluding hydrogens is 462 g/mol. The van der Waals surface area contributed by atoms with Gasteiger partial charge in [0.1, 0.15) is 5.82 Å². The van der Waals surface area contributed by atoms with E-state index < -0.39 is 27.8 Å². The first-order valence-corrected chi connectivity index (χ1v) is 11.1. The number of hydrogen-bond acceptors (Lipinski definition) is 6. The van der Waals surface area contributed by atoms with Gasteiger partial charge in [-0.15, -0.1) is 10.2 Å². The van der Waals surface area contributed by atoms with Crippen LogP contribution in [0.2, 0.25) is 10.0 Å². The average Bonchev–Trinajstić information content (AvgIpc) is 3.11. The van der Waals surface area contributed by atoms with Crippen LogP contribution in [0.5, 0.6) is 0 Å². The summed E-state index contributed by atoms with van der Waals surface area (Å²) in [6.07, 6.45) is 0. The molecule has 3 aromatic rings. The van der Waals surface area contributed by atoms with Crippen LogP contribution in [0.3, 0.4) is 0 Å². The summed E-state index contributed by atoms with van der Waals surface area (Å²) in [5.74, 6) is -1.01. The van der Waals surface area contributed by atoms with Gasteiger partial charge < -0.3 is 0 Å². The number of sulfonamides is 1. The van der Waals surface area contributed by atoms with Gasteiger partial charge in [-0.3, -0.25) is 10.1 Å². The highest BCUT2D eigenvalue weighted by atomic mass is 35.5. The van der Waals surface area contributed by atoms with E-state index in [1.54, 1.807) is 6.92 Å². The van der Waals surface area contributed by atoms with Crippen molar-refractivity contribution in [1.82, 2.24) is 14.9 Å². The average molecular weight is 475 g/mol. The van der Waals surface area contributed by atoms with Crippen LogP contribution in [0, 0.1) is 5.82 Å². The molecule has 0 aliphatic rings. The monoisotopic (exact) mass is 474 g/mol. The molecule has 1 heterocycles. The maximum Gasteiger partial charge on any atom is 0.270 e. The summed E-state index contributed by atoms with van der Waals surface area (Å²) < 4.78 is 40.2. The molecular formula is C17H13Cl2FN4O3S2. The van der Waals surface area contributed by atoms with Gasteiger partial charge in [0.05, 0.1) is 10.6 Å². The fraction of sp³-hybridized carbons (Fsp3) is 0.118. The zero-order valence-corrected chi connectivity index (χ0v) is 17.8. The zero-order chi connectivity index (χ0) is 21.2. The molecule has 0 saturated carbocycles. The van der Waals surface area contributed by atoms with E-state index in [0.29, 0.717) is 21.9 Å². The predicted octanol–water partition coefficient (Wildman–Crippen LogP) is 4.28. The quantitative estimate of drug-likeness (QED) is 0.519. The van der Waals surface area contributed by atoms with E-state index in [9.17, 15) is 17.6 Å². The van der Waals surface area contributed by atoms with Crippen molar-refractivity contribution in [3.05, 3.63) is 69.5 Å². The Labute approximate surface area is 179 Å². The minimum absolute atomic E-state index is 0.0178. The number of halogens is 3. The summed E-state index contributed by atoms with van der Waals surface area (Å²) >= 11 is 12.5. The van der Waals surface area contributed by atoms with Crippen molar-refractivity contribution in [2.75, 3.05) is 5.32 Å². The molecule has 0 bridgehead atoms. The molecule has 0 radical (unpaired) electrons. The largest absolute Gasteiger partial charge is 0.296 e. The lowest BCUT2D eigenvalue weighted by atomic mass is 10.1. The Morgan fingerprint density at radius 3 is 2.48 bits per heavy atom. The lowest BCUT2D eigenvalue weighted by Gasteiger charge is -2.12. The highest BCUT2D eigenvalue weighted by Crippen LogP contribution is 2.25. The maximum atomic E-state index is 13.0. The van der Waals surface area contributed by atoms with Crippen molar-refractivity contribution < 1.29 is 17.6 Å². The standard InChI is InChI=1S/C17H13Cl2FN4O3S2/c1-9(10-2-5-12(20)6-3-10)24-29(26,27)17-23-22-16(28-17)21-15(25)13-7-4-11(18)8-14(13)19/h2-9,24H,1H3,(H,21,22,25). The van der Waals surface area contributed by atoms with Crippen molar-refractivity contribution in [3.63, 3.8) is 0 Å². The van der Waals surface area contributed by atoms with E-state index >= 15 is 0 Å². The summed E-state index contributed by atoms with van der Waals surface area (Å²) in [7, 11) is -4.00. The van der Waals surface area contributed by atoms with Gasteiger partial charge >= 0.3 is 0 Å². The number of nitrogens with one attached hydrogen (secondary N) is 2. The smallest absolute Gasteiger partial charge is 0.270 e. The molecule has 0 saturated heterocycles. The molecule has 7 nitrogen and oxygen atoms in total. The second-order valence-electron chi connectivity index (χ2n) is 5.85. The van der Waals surface area contributed by atoms with Crippen molar-refractivity contribution in [3.8, 4) is 0 Å². The van der Waals surface area contributed by atoms with Crippen molar-refractivity contribution >= 4 is 55.6 Å². The Morgan fingerprint density at radius 1 is 1.14 bits per heavy atom. The van der Waals surface area contributed by atoms with Gasteiger partial charge in [0.25, 0.3) is 15.9 Å². The molecule has 29 heavy (non-hydrogen) atoms. The molecule has 1 unspecified atom stereocenters. The molecule has 1 atom stereocenters. The number of anilines is 1.